The van der Waals surface area contributed by atoms with Gasteiger partial charge in [-0.15, -0.1) is 0 Å². The highest BCUT2D eigenvalue weighted by molar-refractivity contribution is 5.79. The van der Waals surface area contributed by atoms with Crippen molar-refractivity contribution in [3.8, 4) is 0 Å². The number of carbonyl (C=O) groups excluding carboxylic acids is 1. The van der Waals surface area contributed by atoms with Crippen molar-refractivity contribution >= 4 is 11.9 Å². The van der Waals surface area contributed by atoms with Gasteiger partial charge in [0.2, 0.25) is 5.91 Å². The number of carbonyl (C=O) groups is 2. The van der Waals surface area contributed by atoms with E-state index in [-0.39, 0.29) is 24.2 Å². The Morgan fingerprint density at radius 2 is 2.17 bits per heavy atom. The molecular weight excluding hydrogens is 232 g/mol. The molecule has 1 amide bonds. The van der Waals surface area contributed by atoms with E-state index in [9.17, 15) is 9.59 Å². The normalized spacial score (nSPS) is 20.9. The molecule has 0 saturated carbocycles. The SMILES string of the molecule is CC(C)C[C@H](CNC(=O)[C@@H]1CCNC1)CC(=O)O. The molecule has 0 aromatic carbocycles. The molecule has 0 spiro atoms. The van der Waals surface area contributed by atoms with Crippen LogP contribution in [-0.4, -0.2) is 36.6 Å². The fourth-order valence-corrected chi connectivity index (χ4v) is 2.42. The zero-order valence-corrected chi connectivity index (χ0v) is 11.2. The van der Waals surface area contributed by atoms with Crippen LogP contribution in [0.15, 0.2) is 0 Å². The summed E-state index contributed by atoms with van der Waals surface area (Å²) < 4.78 is 0. The van der Waals surface area contributed by atoms with E-state index >= 15 is 0 Å². The van der Waals surface area contributed by atoms with Crippen LogP contribution >= 0.6 is 0 Å². The van der Waals surface area contributed by atoms with Crippen molar-refractivity contribution in [2.45, 2.75) is 33.1 Å². The molecule has 1 saturated heterocycles. The highest BCUT2D eigenvalue weighted by Crippen LogP contribution is 2.15. The molecule has 104 valence electrons. The summed E-state index contributed by atoms with van der Waals surface area (Å²) in [5, 5.41) is 14.9. The van der Waals surface area contributed by atoms with Crippen LogP contribution in [0.25, 0.3) is 0 Å². The van der Waals surface area contributed by atoms with Gasteiger partial charge in [0.15, 0.2) is 0 Å². The van der Waals surface area contributed by atoms with Crippen LogP contribution in [0, 0.1) is 17.8 Å². The minimum atomic E-state index is -0.794. The van der Waals surface area contributed by atoms with Crippen molar-refractivity contribution in [3.63, 3.8) is 0 Å². The number of rotatable bonds is 7. The molecule has 5 heteroatoms. The Hall–Kier alpha value is -1.10. The molecule has 0 aromatic heterocycles. The minimum Gasteiger partial charge on any atom is -0.481 e. The van der Waals surface area contributed by atoms with Crippen molar-refractivity contribution < 1.29 is 14.7 Å². The first-order chi connectivity index (χ1) is 8.49. The molecule has 0 aromatic rings. The smallest absolute Gasteiger partial charge is 0.303 e. The molecule has 0 aliphatic carbocycles. The zero-order chi connectivity index (χ0) is 13.5. The second-order valence-corrected chi connectivity index (χ2v) is 5.53. The first-order valence-corrected chi connectivity index (χ1v) is 6.69. The van der Waals surface area contributed by atoms with Gasteiger partial charge >= 0.3 is 5.97 Å². The third kappa shape index (κ3) is 5.49. The maximum Gasteiger partial charge on any atom is 0.303 e. The second-order valence-electron chi connectivity index (χ2n) is 5.53. The van der Waals surface area contributed by atoms with Gasteiger partial charge in [0.25, 0.3) is 0 Å². The summed E-state index contributed by atoms with van der Waals surface area (Å²) in [5.74, 6) is -0.216. The zero-order valence-electron chi connectivity index (χ0n) is 11.2. The first kappa shape index (κ1) is 15.0. The van der Waals surface area contributed by atoms with Crippen molar-refractivity contribution in [1.29, 1.82) is 0 Å². The maximum atomic E-state index is 11.8. The molecule has 0 bridgehead atoms. The molecular formula is C13H24N2O3. The number of amides is 1. The lowest BCUT2D eigenvalue weighted by Crippen LogP contribution is -2.36. The van der Waals surface area contributed by atoms with Gasteiger partial charge < -0.3 is 15.7 Å². The van der Waals surface area contributed by atoms with Crippen LogP contribution in [0.5, 0.6) is 0 Å². The van der Waals surface area contributed by atoms with Gasteiger partial charge in [0, 0.05) is 19.5 Å². The van der Waals surface area contributed by atoms with E-state index in [1.807, 2.05) is 0 Å². The van der Waals surface area contributed by atoms with Gasteiger partial charge in [-0.3, -0.25) is 9.59 Å². The predicted molar refractivity (Wildman–Crippen MR) is 69.2 cm³/mol. The van der Waals surface area contributed by atoms with Gasteiger partial charge in [-0.2, -0.15) is 0 Å². The summed E-state index contributed by atoms with van der Waals surface area (Å²) in [6, 6.07) is 0. The summed E-state index contributed by atoms with van der Waals surface area (Å²) >= 11 is 0. The Balaban J connectivity index is 2.35. The van der Waals surface area contributed by atoms with Gasteiger partial charge in [-0.05, 0) is 31.2 Å². The van der Waals surface area contributed by atoms with E-state index in [4.69, 9.17) is 5.11 Å². The van der Waals surface area contributed by atoms with E-state index in [0.29, 0.717) is 12.5 Å². The molecule has 3 N–H and O–H groups in total. The van der Waals surface area contributed by atoms with Crippen molar-refractivity contribution in [2.24, 2.45) is 17.8 Å². The summed E-state index contributed by atoms with van der Waals surface area (Å²) in [6.45, 7) is 6.23. The van der Waals surface area contributed by atoms with E-state index in [1.165, 1.54) is 0 Å². The number of hydrogen-bond donors (Lipinski definition) is 3. The van der Waals surface area contributed by atoms with Crippen LogP contribution < -0.4 is 10.6 Å². The number of carboxylic acid groups (broad SMARTS) is 1. The van der Waals surface area contributed by atoms with E-state index in [0.717, 1.165) is 25.9 Å². The Kier molecular flexibility index (Phi) is 6.12. The molecule has 1 heterocycles. The first-order valence-electron chi connectivity index (χ1n) is 6.69. The third-order valence-electron chi connectivity index (χ3n) is 3.26. The highest BCUT2D eigenvalue weighted by Gasteiger charge is 2.23. The van der Waals surface area contributed by atoms with Crippen LogP contribution in [0.2, 0.25) is 0 Å². The molecule has 1 aliphatic rings. The standard InChI is InChI=1S/C13H24N2O3/c1-9(2)5-10(6-12(16)17)7-15-13(18)11-3-4-14-8-11/h9-11,14H,3-8H2,1-2H3,(H,15,18)(H,16,17)/t10-,11+/m0/s1. The van der Waals surface area contributed by atoms with Crippen LogP contribution in [-0.2, 0) is 9.59 Å². The molecule has 18 heavy (non-hydrogen) atoms. The number of hydrogen-bond acceptors (Lipinski definition) is 3. The molecule has 2 atom stereocenters. The summed E-state index contributed by atoms with van der Waals surface area (Å²) in [6.07, 6.45) is 1.83. The fourth-order valence-electron chi connectivity index (χ4n) is 2.42. The van der Waals surface area contributed by atoms with E-state index < -0.39 is 5.97 Å². The topological polar surface area (TPSA) is 78.4 Å². The summed E-state index contributed by atoms with van der Waals surface area (Å²) in [4.78, 5) is 22.6. The molecule has 1 aliphatic heterocycles. The fraction of sp³-hybridized carbons (Fsp3) is 0.846. The van der Waals surface area contributed by atoms with Crippen molar-refractivity contribution in [1.82, 2.24) is 10.6 Å². The highest BCUT2D eigenvalue weighted by atomic mass is 16.4. The van der Waals surface area contributed by atoms with Crippen LogP contribution in [0.3, 0.4) is 0 Å². The van der Waals surface area contributed by atoms with Crippen molar-refractivity contribution in [3.05, 3.63) is 0 Å². The van der Waals surface area contributed by atoms with Gasteiger partial charge in [0.1, 0.15) is 0 Å². The summed E-state index contributed by atoms with van der Waals surface area (Å²) in [5.41, 5.74) is 0. The lowest BCUT2D eigenvalue weighted by atomic mass is 9.94. The van der Waals surface area contributed by atoms with Crippen LogP contribution in [0.1, 0.15) is 33.1 Å². The predicted octanol–water partition coefficient (Wildman–Crippen LogP) is 0.849. The monoisotopic (exact) mass is 256 g/mol. The lowest BCUT2D eigenvalue weighted by molar-refractivity contribution is -0.138. The Bertz CT molecular complexity index is 286. The van der Waals surface area contributed by atoms with Crippen molar-refractivity contribution in [2.75, 3.05) is 19.6 Å². The molecule has 5 nitrogen and oxygen atoms in total. The second kappa shape index (κ2) is 7.36. The van der Waals surface area contributed by atoms with Crippen LogP contribution in [0.4, 0.5) is 0 Å². The van der Waals surface area contributed by atoms with E-state index in [2.05, 4.69) is 24.5 Å². The number of nitrogens with one attached hydrogen (secondary N) is 2. The average Bonchev–Trinajstić information content (AvgIpc) is 2.77. The largest absolute Gasteiger partial charge is 0.481 e. The van der Waals surface area contributed by atoms with E-state index in [1.54, 1.807) is 0 Å². The maximum absolute atomic E-state index is 11.8. The Labute approximate surface area is 108 Å². The Morgan fingerprint density at radius 1 is 1.44 bits per heavy atom. The van der Waals surface area contributed by atoms with Gasteiger partial charge in [-0.1, -0.05) is 13.8 Å². The number of aliphatic carboxylic acids is 1. The Morgan fingerprint density at radius 3 is 2.67 bits per heavy atom. The number of carboxylic acids is 1. The summed E-state index contributed by atoms with van der Waals surface area (Å²) in [7, 11) is 0. The molecule has 0 radical (unpaired) electrons. The molecule has 1 fully saturated rings. The average molecular weight is 256 g/mol. The molecule has 0 unspecified atom stereocenters. The minimum absolute atomic E-state index is 0.0285. The molecule has 1 rings (SSSR count). The lowest BCUT2D eigenvalue weighted by Gasteiger charge is -2.19. The van der Waals surface area contributed by atoms with Gasteiger partial charge in [-0.25, -0.2) is 0 Å². The third-order valence-corrected chi connectivity index (χ3v) is 3.26. The van der Waals surface area contributed by atoms with Gasteiger partial charge in [0.05, 0.1) is 5.92 Å². The quantitative estimate of drug-likeness (QED) is 0.631.